The third-order valence-electron chi connectivity index (χ3n) is 6.68. The van der Waals surface area contributed by atoms with Crippen molar-refractivity contribution in [2.45, 2.75) is 64.8 Å². The summed E-state index contributed by atoms with van der Waals surface area (Å²) >= 11 is 0. The lowest BCUT2D eigenvalue weighted by atomic mass is 9.78. The minimum Gasteiger partial charge on any atom is -0.455 e. The summed E-state index contributed by atoms with van der Waals surface area (Å²) in [7, 11) is 0. The van der Waals surface area contributed by atoms with Crippen LogP contribution in [0, 0.1) is 19.8 Å². The maximum Gasteiger partial charge on any atom is 0.310 e. The molecule has 0 spiro atoms. The van der Waals surface area contributed by atoms with Gasteiger partial charge in [-0.2, -0.15) is 5.10 Å². The van der Waals surface area contributed by atoms with Crippen LogP contribution in [0.2, 0.25) is 0 Å². The molecule has 1 aliphatic carbocycles. The van der Waals surface area contributed by atoms with Gasteiger partial charge in [0, 0.05) is 23.8 Å². The Hall–Kier alpha value is -2.63. The third-order valence-corrected chi connectivity index (χ3v) is 6.68. The zero-order valence-corrected chi connectivity index (χ0v) is 18.0. The number of aryl methyl sites for hydroxylation is 1. The van der Waals surface area contributed by atoms with E-state index in [4.69, 9.17) is 4.74 Å². The molecule has 0 bridgehead atoms. The fourth-order valence-electron chi connectivity index (χ4n) is 5.11. The van der Waals surface area contributed by atoms with Crippen molar-refractivity contribution in [1.82, 2.24) is 14.7 Å². The molecule has 0 radical (unpaired) electrons. The standard InChI is InChI=1S/C24H31N3O3/c1-17-21(18(2)27(25-17)20-11-4-3-5-12-20)15-24(29)30-16-23(28)26-14-8-10-19-9-6-7-13-22(19)26/h3-5,11-12,19,22H,6-10,13-16H2,1-2H3/t19-,22+/m0/s1. The molecule has 2 aromatic rings. The zero-order valence-electron chi connectivity index (χ0n) is 18.0. The molecule has 1 aliphatic heterocycles. The van der Waals surface area contributed by atoms with Gasteiger partial charge >= 0.3 is 5.97 Å². The number of likely N-dealkylation sites (tertiary alicyclic amines) is 1. The van der Waals surface area contributed by atoms with Gasteiger partial charge in [-0.1, -0.05) is 31.0 Å². The first-order valence-corrected chi connectivity index (χ1v) is 11.1. The average molecular weight is 410 g/mol. The van der Waals surface area contributed by atoms with Crippen LogP contribution in [0.3, 0.4) is 0 Å². The number of piperidine rings is 1. The lowest BCUT2D eigenvalue weighted by Gasteiger charge is -2.44. The van der Waals surface area contributed by atoms with E-state index in [1.165, 1.54) is 25.7 Å². The molecule has 4 rings (SSSR count). The van der Waals surface area contributed by atoms with Crippen LogP contribution < -0.4 is 0 Å². The lowest BCUT2D eigenvalue weighted by molar-refractivity contribution is -0.154. The number of fused-ring (bicyclic) bond motifs is 1. The van der Waals surface area contributed by atoms with Crippen molar-refractivity contribution in [1.29, 1.82) is 0 Å². The molecule has 1 amide bonds. The summed E-state index contributed by atoms with van der Waals surface area (Å²) in [5.74, 6) is 0.203. The van der Waals surface area contributed by atoms with E-state index in [2.05, 4.69) is 5.10 Å². The van der Waals surface area contributed by atoms with E-state index in [1.54, 1.807) is 0 Å². The number of nitrogens with zero attached hydrogens (tertiary/aromatic N) is 3. The Bertz CT molecular complexity index is 904. The molecule has 1 saturated carbocycles. The fourth-order valence-corrected chi connectivity index (χ4v) is 5.11. The first-order chi connectivity index (χ1) is 14.5. The highest BCUT2D eigenvalue weighted by Gasteiger charge is 2.35. The highest BCUT2D eigenvalue weighted by molar-refractivity contribution is 5.82. The first kappa shape index (κ1) is 20.6. The van der Waals surface area contributed by atoms with Crippen LogP contribution in [0.5, 0.6) is 0 Å². The van der Waals surface area contributed by atoms with Gasteiger partial charge in [-0.3, -0.25) is 9.59 Å². The van der Waals surface area contributed by atoms with Gasteiger partial charge in [-0.05, 0) is 57.6 Å². The van der Waals surface area contributed by atoms with Gasteiger partial charge in [-0.15, -0.1) is 0 Å². The van der Waals surface area contributed by atoms with Crippen LogP contribution in [-0.2, 0) is 20.7 Å². The molecular weight excluding hydrogens is 378 g/mol. The predicted octanol–water partition coefficient (Wildman–Crippen LogP) is 3.76. The first-order valence-electron chi connectivity index (χ1n) is 11.1. The Morgan fingerprint density at radius 1 is 1.07 bits per heavy atom. The molecule has 160 valence electrons. The highest BCUT2D eigenvalue weighted by atomic mass is 16.5. The quantitative estimate of drug-likeness (QED) is 0.706. The Labute approximate surface area is 178 Å². The largest absolute Gasteiger partial charge is 0.455 e. The Kier molecular flexibility index (Phi) is 6.21. The zero-order chi connectivity index (χ0) is 21.1. The van der Waals surface area contributed by atoms with E-state index in [1.807, 2.05) is 53.8 Å². The van der Waals surface area contributed by atoms with E-state index in [9.17, 15) is 9.59 Å². The fraction of sp³-hybridized carbons (Fsp3) is 0.542. The van der Waals surface area contributed by atoms with Gasteiger partial charge in [0.05, 0.1) is 17.8 Å². The summed E-state index contributed by atoms with van der Waals surface area (Å²) in [6, 6.07) is 10.2. The molecule has 30 heavy (non-hydrogen) atoms. The molecule has 2 heterocycles. The number of amides is 1. The normalized spacial score (nSPS) is 21.2. The maximum atomic E-state index is 12.8. The number of aromatic nitrogens is 2. The summed E-state index contributed by atoms with van der Waals surface area (Å²) in [5.41, 5.74) is 3.55. The molecule has 6 heteroatoms. The number of carbonyl (C=O) groups is 2. The van der Waals surface area contributed by atoms with Crippen molar-refractivity contribution >= 4 is 11.9 Å². The molecule has 2 atom stereocenters. The predicted molar refractivity (Wildman–Crippen MR) is 114 cm³/mol. The van der Waals surface area contributed by atoms with E-state index >= 15 is 0 Å². The Morgan fingerprint density at radius 3 is 2.60 bits per heavy atom. The molecular formula is C24H31N3O3. The minimum absolute atomic E-state index is 0.0478. The summed E-state index contributed by atoms with van der Waals surface area (Å²) in [6.07, 6.45) is 7.17. The number of rotatable bonds is 5. The number of para-hydroxylation sites is 1. The van der Waals surface area contributed by atoms with Crippen LogP contribution in [0.1, 0.15) is 55.5 Å². The SMILES string of the molecule is Cc1nn(-c2ccccc2)c(C)c1CC(=O)OCC(=O)N1CCC[C@@H]2CCCC[C@H]21. The summed E-state index contributed by atoms with van der Waals surface area (Å²) < 4.78 is 7.25. The molecule has 0 unspecified atom stereocenters. The van der Waals surface area contributed by atoms with E-state index in [0.717, 1.165) is 42.0 Å². The maximum absolute atomic E-state index is 12.8. The van der Waals surface area contributed by atoms with Crippen molar-refractivity contribution in [3.8, 4) is 5.69 Å². The van der Waals surface area contributed by atoms with E-state index in [0.29, 0.717) is 12.0 Å². The van der Waals surface area contributed by atoms with Crippen LogP contribution in [-0.4, -0.2) is 45.8 Å². The van der Waals surface area contributed by atoms with Crippen LogP contribution >= 0.6 is 0 Å². The second-order valence-corrected chi connectivity index (χ2v) is 8.58. The van der Waals surface area contributed by atoms with E-state index in [-0.39, 0.29) is 24.9 Å². The van der Waals surface area contributed by atoms with Gasteiger partial charge in [0.1, 0.15) is 0 Å². The number of ether oxygens (including phenoxy) is 1. The monoisotopic (exact) mass is 409 g/mol. The second kappa shape index (κ2) is 9.02. The van der Waals surface area contributed by atoms with E-state index < -0.39 is 0 Å². The average Bonchev–Trinajstić information content (AvgIpc) is 3.06. The van der Waals surface area contributed by atoms with Crippen LogP contribution in [0.25, 0.3) is 5.69 Å². The molecule has 2 fully saturated rings. The van der Waals surface area contributed by atoms with Crippen LogP contribution in [0.4, 0.5) is 0 Å². The molecule has 0 N–H and O–H groups in total. The summed E-state index contributed by atoms with van der Waals surface area (Å²) in [5, 5.41) is 4.58. The van der Waals surface area contributed by atoms with Gasteiger partial charge in [0.2, 0.25) is 0 Å². The lowest BCUT2D eigenvalue weighted by Crippen LogP contribution is -2.50. The van der Waals surface area contributed by atoms with Crippen molar-refractivity contribution in [2.75, 3.05) is 13.2 Å². The van der Waals surface area contributed by atoms with Gasteiger partial charge in [0.25, 0.3) is 5.91 Å². The summed E-state index contributed by atoms with van der Waals surface area (Å²) in [4.78, 5) is 27.2. The highest BCUT2D eigenvalue weighted by Crippen LogP contribution is 2.35. The van der Waals surface area contributed by atoms with Crippen molar-refractivity contribution in [3.05, 3.63) is 47.3 Å². The Morgan fingerprint density at radius 2 is 1.80 bits per heavy atom. The van der Waals surface area contributed by atoms with Gasteiger partial charge < -0.3 is 9.64 Å². The van der Waals surface area contributed by atoms with Crippen molar-refractivity contribution in [3.63, 3.8) is 0 Å². The van der Waals surface area contributed by atoms with Crippen molar-refractivity contribution < 1.29 is 14.3 Å². The number of benzene rings is 1. The van der Waals surface area contributed by atoms with Gasteiger partial charge in [0.15, 0.2) is 6.61 Å². The molecule has 1 aromatic heterocycles. The topological polar surface area (TPSA) is 64.4 Å². The molecule has 2 aliphatic rings. The third kappa shape index (κ3) is 4.27. The van der Waals surface area contributed by atoms with Crippen LogP contribution in [0.15, 0.2) is 30.3 Å². The number of carbonyl (C=O) groups excluding carboxylic acids is 2. The Balaban J connectivity index is 1.36. The number of hydrogen-bond acceptors (Lipinski definition) is 4. The minimum atomic E-state index is -0.376. The summed E-state index contributed by atoms with van der Waals surface area (Å²) in [6.45, 7) is 4.49. The van der Waals surface area contributed by atoms with Crippen molar-refractivity contribution in [2.24, 2.45) is 5.92 Å². The number of hydrogen-bond donors (Lipinski definition) is 0. The molecule has 1 saturated heterocycles. The molecule has 6 nitrogen and oxygen atoms in total. The second-order valence-electron chi connectivity index (χ2n) is 8.58. The van der Waals surface area contributed by atoms with Gasteiger partial charge in [-0.25, -0.2) is 4.68 Å². The molecule has 1 aromatic carbocycles. The number of esters is 1. The smallest absolute Gasteiger partial charge is 0.310 e.